The number of fused-ring (bicyclic) bond motifs is 1. The van der Waals surface area contributed by atoms with Crippen molar-refractivity contribution in [2.75, 3.05) is 31.7 Å². The van der Waals surface area contributed by atoms with Crippen LogP contribution in [0.25, 0.3) is 0 Å². The van der Waals surface area contributed by atoms with Crippen LogP contribution in [0.5, 0.6) is 11.6 Å². The van der Waals surface area contributed by atoms with Crippen LogP contribution in [-0.2, 0) is 16.6 Å². The van der Waals surface area contributed by atoms with Crippen molar-refractivity contribution in [1.29, 1.82) is 0 Å². The van der Waals surface area contributed by atoms with Crippen LogP contribution in [0.15, 0.2) is 66.9 Å². The van der Waals surface area contributed by atoms with Crippen molar-refractivity contribution in [3.63, 3.8) is 0 Å². The predicted molar refractivity (Wildman–Crippen MR) is 123 cm³/mol. The number of Topliss-reactive ketones (excluding diaryl/α,β-unsaturated/α-hetero) is 1. The van der Waals surface area contributed by atoms with Gasteiger partial charge in [0.2, 0.25) is 5.88 Å². The number of nitrogens with zero attached hydrogens (tertiary/aromatic N) is 2. The summed E-state index contributed by atoms with van der Waals surface area (Å²) < 4.78 is 50.4. The number of para-hydroxylation sites is 1. The molecule has 1 aliphatic heterocycles. The molecule has 8 heteroatoms. The first-order valence-electron chi connectivity index (χ1n) is 10.9. The number of alkyl halides is 3. The summed E-state index contributed by atoms with van der Waals surface area (Å²) in [6, 6.07) is 18.6. The van der Waals surface area contributed by atoms with E-state index in [-0.39, 0.29) is 6.54 Å². The van der Waals surface area contributed by atoms with E-state index in [9.17, 15) is 18.0 Å². The summed E-state index contributed by atoms with van der Waals surface area (Å²) in [5.74, 6) is -0.649. The molecule has 0 radical (unpaired) electrons. The fraction of sp³-hybridized carbons (Fsp3) is 0.308. The number of halogens is 3. The number of rotatable bonds is 8. The molecule has 3 aromatic rings. The molecule has 0 saturated carbocycles. The Bertz CT molecular complexity index is 1180. The van der Waals surface area contributed by atoms with Crippen LogP contribution < -0.4 is 14.4 Å². The number of anilines is 1. The maximum Gasteiger partial charge on any atom is 0.451 e. The molecule has 2 aromatic carbocycles. The second-order valence-electron chi connectivity index (χ2n) is 8.22. The third-order valence-electron chi connectivity index (χ3n) is 6.09. The number of ketones is 1. The minimum atomic E-state index is -4.90. The van der Waals surface area contributed by atoms with Crippen molar-refractivity contribution in [2.24, 2.45) is 0 Å². The Balaban J connectivity index is 1.85. The van der Waals surface area contributed by atoms with Crippen LogP contribution in [0.4, 0.5) is 18.9 Å². The molecule has 5 nitrogen and oxygen atoms in total. The third-order valence-corrected chi connectivity index (χ3v) is 6.09. The molecule has 0 bridgehead atoms. The Morgan fingerprint density at radius 2 is 1.91 bits per heavy atom. The minimum absolute atomic E-state index is 0.195. The van der Waals surface area contributed by atoms with Gasteiger partial charge in [-0.05, 0) is 54.3 Å². The van der Waals surface area contributed by atoms with E-state index < -0.39 is 23.9 Å². The predicted octanol–water partition coefficient (Wildman–Crippen LogP) is 4.97. The zero-order valence-electron chi connectivity index (χ0n) is 18.9. The number of aromatic nitrogens is 1. The number of hydrogen-bond acceptors (Lipinski definition) is 5. The number of pyridine rings is 1. The maximum atomic E-state index is 13.1. The summed E-state index contributed by atoms with van der Waals surface area (Å²) >= 11 is 0. The van der Waals surface area contributed by atoms with Crippen LogP contribution in [0.3, 0.4) is 0 Å². The Labute approximate surface area is 196 Å². The van der Waals surface area contributed by atoms with Gasteiger partial charge in [-0.1, -0.05) is 30.3 Å². The van der Waals surface area contributed by atoms with Gasteiger partial charge in [0.05, 0.1) is 20.3 Å². The van der Waals surface area contributed by atoms with Gasteiger partial charge in [-0.3, -0.25) is 4.79 Å². The van der Waals surface area contributed by atoms with E-state index in [1.807, 2.05) is 55.5 Å². The summed E-state index contributed by atoms with van der Waals surface area (Å²) in [6.07, 6.45) is -2.78. The van der Waals surface area contributed by atoms with E-state index in [2.05, 4.69) is 4.98 Å². The van der Waals surface area contributed by atoms with E-state index in [4.69, 9.17) is 9.47 Å². The van der Waals surface area contributed by atoms with Crippen LogP contribution in [0.2, 0.25) is 0 Å². The van der Waals surface area contributed by atoms with Gasteiger partial charge in [-0.25, -0.2) is 4.98 Å². The molecule has 1 aromatic heterocycles. The summed E-state index contributed by atoms with van der Waals surface area (Å²) in [5.41, 5.74) is 2.53. The van der Waals surface area contributed by atoms with E-state index in [0.29, 0.717) is 30.3 Å². The van der Waals surface area contributed by atoms with Crippen molar-refractivity contribution in [1.82, 2.24) is 4.98 Å². The van der Waals surface area contributed by atoms with Crippen molar-refractivity contribution < 1.29 is 27.4 Å². The van der Waals surface area contributed by atoms with Crippen LogP contribution in [-0.4, -0.2) is 43.7 Å². The van der Waals surface area contributed by atoms with Gasteiger partial charge in [-0.15, -0.1) is 0 Å². The van der Waals surface area contributed by atoms with Gasteiger partial charge in [0, 0.05) is 29.9 Å². The van der Waals surface area contributed by atoms with E-state index in [0.717, 1.165) is 16.7 Å². The molecule has 2 heterocycles. The highest BCUT2D eigenvalue weighted by Gasteiger charge is 2.47. The Morgan fingerprint density at radius 1 is 1.12 bits per heavy atom. The zero-order valence-corrected chi connectivity index (χ0v) is 18.9. The number of benzene rings is 2. The topological polar surface area (TPSA) is 51.7 Å². The first-order chi connectivity index (χ1) is 16.3. The smallest absolute Gasteiger partial charge is 0.451 e. The SMILES string of the molecule is CCOc1cc(C2(Cc3cccc(OC)c3)CN(CC(=O)C(F)(F)F)c3ccccc32)ccn1. The van der Waals surface area contributed by atoms with Crippen molar-refractivity contribution in [3.05, 3.63) is 83.6 Å². The monoisotopic (exact) mass is 470 g/mol. The molecule has 1 atom stereocenters. The highest BCUT2D eigenvalue weighted by atomic mass is 19.4. The van der Waals surface area contributed by atoms with Crippen LogP contribution in [0, 0.1) is 0 Å². The normalized spacial score (nSPS) is 17.4. The van der Waals surface area contributed by atoms with Gasteiger partial charge in [0.1, 0.15) is 5.75 Å². The largest absolute Gasteiger partial charge is 0.497 e. The van der Waals surface area contributed by atoms with Crippen LogP contribution in [0.1, 0.15) is 23.6 Å². The number of ether oxygens (including phenoxy) is 2. The molecule has 0 amide bonds. The maximum absolute atomic E-state index is 13.1. The summed E-state index contributed by atoms with van der Waals surface area (Å²) in [4.78, 5) is 17.7. The lowest BCUT2D eigenvalue weighted by molar-refractivity contribution is -0.169. The van der Waals surface area contributed by atoms with Gasteiger partial charge < -0.3 is 14.4 Å². The second-order valence-corrected chi connectivity index (χ2v) is 8.22. The Hall–Kier alpha value is -3.55. The lowest BCUT2D eigenvalue weighted by atomic mass is 9.72. The lowest BCUT2D eigenvalue weighted by Crippen LogP contribution is -2.41. The van der Waals surface area contributed by atoms with Crippen molar-refractivity contribution >= 4 is 11.5 Å². The van der Waals surface area contributed by atoms with Gasteiger partial charge in [-0.2, -0.15) is 13.2 Å². The number of carbonyl (C=O) groups is 1. The highest BCUT2D eigenvalue weighted by molar-refractivity contribution is 5.89. The standard InChI is InChI=1S/C26H25F3N2O3/c1-3-34-24-14-19(11-12-30-24)25(15-18-7-6-8-20(13-18)33-2)17-31(16-23(32)26(27,28)29)22-10-5-4-9-21(22)25/h4-14H,3,15-17H2,1-2H3. The van der Waals surface area contributed by atoms with E-state index in [1.54, 1.807) is 25.4 Å². The van der Waals surface area contributed by atoms with E-state index >= 15 is 0 Å². The van der Waals surface area contributed by atoms with Gasteiger partial charge in [0.25, 0.3) is 5.78 Å². The molecular formula is C26H25F3N2O3. The molecule has 0 N–H and O–H groups in total. The molecule has 1 aliphatic rings. The summed E-state index contributed by atoms with van der Waals surface area (Å²) in [5, 5.41) is 0. The van der Waals surface area contributed by atoms with Crippen molar-refractivity contribution in [3.8, 4) is 11.6 Å². The molecular weight excluding hydrogens is 445 g/mol. The lowest BCUT2D eigenvalue weighted by Gasteiger charge is -2.32. The Kier molecular flexibility index (Phi) is 6.50. The molecule has 0 fully saturated rings. The molecule has 178 valence electrons. The molecule has 1 unspecified atom stereocenters. The average molecular weight is 470 g/mol. The molecule has 0 spiro atoms. The number of methoxy groups -OCH3 is 1. The molecule has 34 heavy (non-hydrogen) atoms. The molecule has 4 rings (SSSR count). The fourth-order valence-corrected chi connectivity index (χ4v) is 4.62. The zero-order chi connectivity index (χ0) is 24.3. The Morgan fingerprint density at radius 3 is 2.65 bits per heavy atom. The average Bonchev–Trinajstić information content (AvgIpc) is 3.13. The summed E-state index contributed by atoms with van der Waals surface area (Å²) in [6.45, 7) is 1.74. The first kappa shape index (κ1) is 23.6. The molecule has 0 aliphatic carbocycles. The van der Waals surface area contributed by atoms with Crippen molar-refractivity contribution in [2.45, 2.75) is 24.9 Å². The highest BCUT2D eigenvalue weighted by Crippen LogP contribution is 2.48. The second kappa shape index (κ2) is 9.37. The summed E-state index contributed by atoms with van der Waals surface area (Å²) in [7, 11) is 1.58. The minimum Gasteiger partial charge on any atom is -0.497 e. The van der Waals surface area contributed by atoms with Gasteiger partial charge in [0.15, 0.2) is 0 Å². The first-order valence-corrected chi connectivity index (χ1v) is 10.9. The van der Waals surface area contributed by atoms with Gasteiger partial charge >= 0.3 is 6.18 Å². The fourth-order valence-electron chi connectivity index (χ4n) is 4.62. The quantitative estimate of drug-likeness (QED) is 0.465. The number of hydrogen-bond donors (Lipinski definition) is 0. The molecule has 0 saturated heterocycles. The number of carbonyl (C=O) groups excluding carboxylic acids is 1. The van der Waals surface area contributed by atoms with E-state index in [1.165, 1.54) is 4.90 Å². The van der Waals surface area contributed by atoms with Crippen LogP contribution >= 0.6 is 0 Å². The third kappa shape index (κ3) is 4.58.